The van der Waals surface area contributed by atoms with Crippen molar-refractivity contribution in [3.8, 4) is 17.2 Å². The van der Waals surface area contributed by atoms with Gasteiger partial charge >= 0.3 is 0 Å². The zero-order chi connectivity index (χ0) is 24.4. The summed E-state index contributed by atoms with van der Waals surface area (Å²) in [5, 5.41) is 58.2. The van der Waals surface area contributed by atoms with Gasteiger partial charge in [0.1, 0.15) is 12.2 Å². The van der Waals surface area contributed by atoms with Crippen LogP contribution in [-0.4, -0.2) is 63.8 Å². The van der Waals surface area contributed by atoms with E-state index in [4.69, 9.17) is 9.84 Å². The first-order chi connectivity index (χ1) is 15.1. The van der Waals surface area contributed by atoms with Crippen molar-refractivity contribution in [3.63, 3.8) is 0 Å². The third-order valence-corrected chi connectivity index (χ3v) is 4.43. The molecule has 2 rings (SSSR count). The third-order valence-electron chi connectivity index (χ3n) is 4.43. The van der Waals surface area contributed by atoms with Crippen molar-refractivity contribution in [1.82, 2.24) is 5.32 Å². The summed E-state index contributed by atoms with van der Waals surface area (Å²) >= 11 is 0. The highest BCUT2D eigenvalue weighted by Crippen LogP contribution is 2.30. The maximum atomic E-state index is 12.0. The van der Waals surface area contributed by atoms with Gasteiger partial charge in [-0.2, -0.15) is 5.26 Å². The fourth-order valence-corrected chi connectivity index (χ4v) is 3.03. The van der Waals surface area contributed by atoms with E-state index >= 15 is 0 Å². The number of aliphatic hydroxyl groups excluding tert-OH is 4. The first-order valence-electron chi connectivity index (χ1n) is 9.96. The van der Waals surface area contributed by atoms with Crippen molar-refractivity contribution in [2.24, 2.45) is 0 Å². The van der Waals surface area contributed by atoms with Gasteiger partial charge in [-0.05, 0) is 61.2 Å². The maximum absolute atomic E-state index is 12.0. The molecule has 3 atom stereocenters. The summed E-state index contributed by atoms with van der Waals surface area (Å²) in [5.41, 5.74) is 3.03. The Labute approximate surface area is 187 Å². The predicted molar refractivity (Wildman–Crippen MR) is 117 cm³/mol. The molecule has 0 fully saturated rings. The molecule has 32 heavy (non-hydrogen) atoms. The number of aryl methyl sites for hydroxylation is 1. The fraction of sp³-hybridized carbons (Fsp3) is 0.391. The van der Waals surface area contributed by atoms with E-state index < -0.39 is 24.8 Å². The molecule has 0 aromatic heterocycles. The van der Waals surface area contributed by atoms with Crippen LogP contribution in [0.5, 0.6) is 0 Å². The van der Waals surface area contributed by atoms with Crippen molar-refractivity contribution in [3.05, 3.63) is 58.7 Å². The van der Waals surface area contributed by atoms with Crippen LogP contribution < -0.4 is 5.32 Å². The summed E-state index contributed by atoms with van der Waals surface area (Å²) in [6.07, 6.45) is -6.14. The molecule has 0 aliphatic rings. The van der Waals surface area contributed by atoms with Crippen LogP contribution >= 0.6 is 0 Å². The highest BCUT2D eigenvalue weighted by Gasteiger charge is 2.30. The van der Waals surface area contributed by atoms with E-state index in [1.165, 1.54) is 20.0 Å². The van der Waals surface area contributed by atoms with Crippen LogP contribution in [-0.2, 0) is 4.74 Å². The summed E-state index contributed by atoms with van der Waals surface area (Å²) < 4.78 is 5.01. The number of carbonyl (C=O) groups is 1. The van der Waals surface area contributed by atoms with E-state index in [1.807, 2.05) is 6.07 Å². The van der Waals surface area contributed by atoms with Gasteiger partial charge in [-0.1, -0.05) is 18.2 Å². The second kappa shape index (κ2) is 12.9. The lowest BCUT2D eigenvalue weighted by Gasteiger charge is -2.27. The molecule has 0 aliphatic heterocycles. The molecule has 0 aliphatic carbocycles. The normalized spacial score (nSPS) is 13.4. The quantitative estimate of drug-likeness (QED) is 0.343. The number of hydrogen-bond acceptors (Lipinski definition) is 8. The van der Waals surface area contributed by atoms with Gasteiger partial charge in [0.05, 0.1) is 11.6 Å². The number of nitrogens with one attached hydrogen (secondary N) is 1. The number of carbonyl (C=O) groups excluding carboxylic acids is 1. The molecule has 0 saturated carbocycles. The van der Waals surface area contributed by atoms with E-state index in [2.05, 4.69) is 5.32 Å². The van der Waals surface area contributed by atoms with Crippen molar-refractivity contribution in [2.45, 2.75) is 45.6 Å². The second-order valence-corrected chi connectivity index (χ2v) is 6.94. The van der Waals surface area contributed by atoms with Crippen LogP contribution in [0, 0.1) is 18.3 Å². The highest BCUT2D eigenvalue weighted by molar-refractivity contribution is 5.95. The molecule has 2 aromatic rings. The number of benzene rings is 2. The molecule has 2 aromatic carbocycles. The number of nitriles is 1. The topological polar surface area (TPSA) is 163 Å². The molecule has 0 radical (unpaired) electrons. The molecule has 0 heterocycles. The maximum Gasteiger partial charge on any atom is 0.251 e. The average molecular weight is 447 g/mol. The summed E-state index contributed by atoms with van der Waals surface area (Å²) in [6, 6.07) is 11.8. The number of amides is 1. The number of ether oxygens (including phenoxy) is 1. The lowest BCUT2D eigenvalue weighted by molar-refractivity contribution is -0.233. The van der Waals surface area contributed by atoms with Gasteiger partial charge in [-0.3, -0.25) is 4.79 Å². The first-order valence-corrected chi connectivity index (χ1v) is 9.96. The highest BCUT2D eigenvalue weighted by atomic mass is 16.6. The Morgan fingerprint density at radius 2 is 1.75 bits per heavy atom. The SMILES string of the molecule is CCO.CNC(=O)c1cc(C#N)cc(-c2ccc(C(O)C(OC(C)O)C(O)O)c(C)c2)c1. The van der Waals surface area contributed by atoms with Gasteiger partial charge in [0.25, 0.3) is 5.91 Å². The zero-order valence-electron chi connectivity index (χ0n) is 18.5. The Morgan fingerprint density at radius 1 is 1.12 bits per heavy atom. The van der Waals surface area contributed by atoms with E-state index in [0.717, 1.165) is 0 Å². The van der Waals surface area contributed by atoms with Crippen molar-refractivity contribution in [1.29, 1.82) is 5.26 Å². The minimum Gasteiger partial charge on any atom is -0.397 e. The van der Waals surface area contributed by atoms with Crippen LogP contribution in [0.25, 0.3) is 11.1 Å². The molecule has 9 heteroatoms. The summed E-state index contributed by atoms with van der Waals surface area (Å²) in [6.45, 7) is 4.95. The zero-order valence-corrected chi connectivity index (χ0v) is 18.5. The summed E-state index contributed by atoms with van der Waals surface area (Å²) in [4.78, 5) is 12.0. The van der Waals surface area contributed by atoms with Gasteiger partial charge in [-0.25, -0.2) is 0 Å². The van der Waals surface area contributed by atoms with E-state index in [0.29, 0.717) is 33.4 Å². The van der Waals surface area contributed by atoms with E-state index in [1.54, 1.807) is 44.2 Å². The van der Waals surface area contributed by atoms with Gasteiger partial charge in [0.15, 0.2) is 12.6 Å². The van der Waals surface area contributed by atoms with Crippen molar-refractivity contribution < 1.29 is 35.1 Å². The molecule has 6 N–H and O–H groups in total. The fourth-order valence-electron chi connectivity index (χ4n) is 3.03. The lowest BCUT2D eigenvalue weighted by Crippen LogP contribution is -2.37. The smallest absolute Gasteiger partial charge is 0.251 e. The Morgan fingerprint density at radius 3 is 2.22 bits per heavy atom. The molecule has 0 spiro atoms. The van der Waals surface area contributed by atoms with Gasteiger partial charge in [-0.15, -0.1) is 0 Å². The molecule has 0 saturated heterocycles. The summed E-state index contributed by atoms with van der Waals surface area (Å²) in [7, 11) is 1.50. The molecule has 0 bridgehead atoms. The van der Waals surface area contributed by atoms with Crippen LogP contribution in [0.4, 0.5) is 0 Å². The number of nitrogens with zero attached hydrogens (tertiary/aromatic N) is 1. The molecule has 9 nitrogen and oxygen atoms in total. The van der Waals surface area contributed by atoms with E-state index in [9.17, 15) is 30.5 Å². The largest absolute Gasteiger partial charge is 0.397 e. The monoisotopic (exact) mass is 446 g/mol. The van der Waals surface area contributed by atoms with Crippen LogP contribution in [0.15, 0.2) is 36.4 Å². The Kier molecular flexibility index (Phi) is 10.9. The Balaban J connectivity index is 0.00000161. The van der Waals surface area contributed by atoms with Crippen LogP contribution in [0.1, 0.15) is 47.0 Å². The molecule has 174 valence electrons. The predicted octanol–water partition coefficient (Wildman–Crippen LogP) is 0.960. The van der Waals surface area contributed by atoms with Gasteiger partial charge in [0, 0.05) is 19.2 Å². The first kappa shape index (κ1) is 27.2. The van der Waals surface area contributed by atoms with E-state index in [-0.39, 0.29) is 12.5 Å². The standard InChI is InChI=1S/C21H24N2O6.C2H6O/c1-11-6-14(15-7-13(10-22)8-16(9-15)20(26)23-3)4-5-17(11)18(25)19(21(27)28)29-12(2)24;1-2-3/h4-9,12,18-19,21,24-25,27-28H,1-3H3,(H,23,26);3H,2H2,1H3. The lowest BCUT2D eigenvalue weighted by atomic mass is 9.93. The second-order valence-electron chi connectivity index (χ2n) is 6.94. The number of rotatable bonds is 7. The Bertz CT molecular complexity index is 938. The minimum absolute atomic E-state index is 0.250. The minimum atomic E-state index is -2.00. The summed E-state index contributed by atoms with van der Waals surface area (Å²) in [5.74, 6) is -0.317. The third kappa shape index (κ3) is 7.39. The van der Waals surface area contributed by atoms with Crippen molar-refractivity contribution >= 4 is 5.91 Å². The van der Waals surface area contributed by atoms with Crippen LogP contribution in [0.3, 0.4) is 0 Å². The number of aliphatic hydroxyl groups is 5. The average Bonchev–Trinajstić information content (AvgIpc) is 2.76. The van der Waals surface area contributed by atoms with Gasteiger partial charge in [0.2, 0.25) is 0 Å². The van der Waals surface area contributed by atoms with Gasteiger partial charge < -0.3 is 35.6 Å². The Hall–Kier alpha value is -2.84. The molecular formula is C23H30N2O7. The molecule has 1 amide bonds. The van der Waals surface area contributed by atoms with Crippen molar-refractivity contribution in [2.75, 3.05) is 13.7 Å². The number of hydrogen-bond donors (Lipinski definition) is 6. The van der Waals surface area contributed by atoms with Crippen LogP contribution in [0.2, 0.25) is 0 Å². The molecule has 3 unspecified atom stereocenters. The molecular weight excluding hydrogens is 416 g/mol.